The summed E-state index contributed by atoms with van der Waals surface area (Å²) in [5.74, 6) is 0.782. The van der Waals surface area contributed by atoms with E-state index in [0.717, 1.165) is 57.3 Å². The first-order valence-corrected chi connectivity index (χ1v) is 8.89. The molecule has 1 N–H and O–H groups in total. The molecule has 2 aliphatic rings. The van der Waals surface area contributed by atoms with E-state index in [-0.39, 0.29) is 23.8 Å². The molecule has 1 aliphatic heterocycles. The van der Waals surface area contributed by atoms with E-state index in [1.807, 2.05) is 24.0 Å². The average molecular weight is 330 g/mol. The van der Waals surface area contributed by atoms with Gasteiger partial charge in [0.15, 0.2) is 6.61 Å². The van der Waals surface area contributed by atoms with Crippen molar-refractivity contribution in [1.82, 2.24) is 4.90 Å². The van der Waals surface area contributed by atoms with Crippen LogP contribution in [0.5, 0.6) is 5.75 Å². The van der Waals surface area contributed by atoms with Gasteiger partial charge in [0.2, 0.25) is 5.91 Å². The molecule has 2 amide bonds. The van der Waals surface area contributed by atoms with E-state index in [9.17, 15) is 9.59 Å². The number of carbonyl (C=O) groups excluding carboxylic acids is 2. The van der Waals surface area contributed by atoms with Crippen molar-refractivity contribution in [3.63, 3.8) is 0 Å². The lowest BCUT2D eigenvalue weighted by atomic mass is 9.88. The molecule has 0 aromatic heterocycles. The van der Waals surface area contributed by atoms with Gasteiger partial charge in [-0.3, -0.25) is 9.59 Å². The molecule has 1 saturated heterocycles. The van der Waals surface area contributed by atoms with E-state index in [1.54, 1.807) is 12.1 Å². The van der Waals surface area contributed by atoms with Crippen LogP contribution >= 0.6 is 0 Å². The summed E-state index contributed by atoms with van der Waals surface area (Å²) >= 11 is 0. The zero-order valence-electron chi connectivity index (χ0n) is 14.3. The Balaban J connectivity index is 1.49. The normalized spacial score (nSPS) is 19.3. The minimum atomic E-state index is -0.239. The predicted molar refractivity (Wildman–Crippen MR) is 93.0 cm³/mol. The van der Waals surface area contributed by atoms with Crippen LogP contribution in [-0.4, -0.2) is 36.4 Å². The summed E-state index contributed by atoms with van der Waals surface area (Å²) in [6.07, 6.45) is 6.33. The number of nitrogens with zero attached hydrogens (tertiary/aromatic N) is 1. The summed E-state index contributed by atoms with van der Waals surface area (Å²) in [5.41, 5.74) is 0.531. The van der Waals surface area contributed by atoms with Crippen LogP contribution in [-0.2, 0) is 9.59 Å². The van der Waals surface area contributed by atoms with Gasteiger partial charge in [0.1, 0.15) is 5.75 Å². The fourth-order valence-corrected chi connectivity index (χ4v) is 3.50. The lowest BCUT2D eigenvalue weighted by molar-refractivity contribution is -0.132. The third-order valence-corrected chi connectivity index (χ3v) is 5.19. The van der Waals surface area contributed by atoms with Gasteiger partial charge in [-0.1, -0.05) is 19.8 Å². The van der Waals surface area contributed by atoms with Crippen molar-refractivity contribution in [2.45, 2.75) is 45.4 Å². The van der Waals surface area contributed by atoms with E-state index in [1.165, 1.54) is 0 Å². The number of anilines is 1. The van der Waals surface area contributed by atoms with Crippen molar-refractivity contribution in [1.29, 1.82) is 0 Å². The standard InChI is InChI=1S/C19H26N2O3/c1-19(10-2-3-11-19)18(23)20-15-6-8-16(9-7-15)24-14-17(22)21-12-4-5-13-21/h6-9H,2-5,10-14H2,1H3,(H,20,23). The van der Waals surface area contributed by atoms with Gasteiger partial charge < -0.3 is 15.0 Å². The zero-order chi connectivity index (χ0) is 17.0. The van der Waals surface area contributed by atoms with Crippen molar-refractivity contribution in [2.24, 2.45) is 5.41 Å². The first-order chi connectivity index (χ1) is 11.6. The topological polar surface area (TPSA) is 58.6 Å². The summed E-state index contributed by atoms with van der Waals surface area (Å²) in [6, 6.07) is 7.24. The van der Waals surface area contributed by atoms with Crippen molar-refractivity contribution >= 4 is 17.5 Å². The van der Waals surface area contributed by atoms with Gasteiger partial charge in [-0.15, -0.1) is 0 Å². The molecule has 1 heterocycles. The molecule has 0 atom stereocenters. The Bertz CT molecular complexity index is 585. The average Bonchev–Trinajstić information content (AvgIpc) is 3.26. The zero-order valence-corrected chi connectivity index (χ0v) is 14.3. The molecule has 0 spiro atoms. The third-order valence-electron chi connectivity index (χ3n) is 5.19. The molecule has 130 valence electrons. The number of ether oxygens (including phenoxy) is 1. The Morgan fingerprint density at radius 1 is 1.08 bits per heavy atom. The highest BCUT2D eigenvalue weighted by molar-refractivity contribution is 5.95. The fraction of sp³-hybridized carbons (Fsp3) is 0.579. The van der Waals surface area contributed by atoms with Crippen LogP contribution < -0.4 is 10.1 Å². The molecular formula is C19H26N2O3. The van der Waals surface area contributed by atoms with E-state index in [2.05, 4.69) is 5.32 Å². The maximum absolute atomic E-state index is 12.4. The highest BCUT2D eigenvalue weighted by Gasteiger charge is 2.36. The molecule has 2 fully saturated rings. The second-order valence-corrected chi connectivity index (χ2v) is 7.12. The SMILES string of the molecule is CC1(C(=O)Nc2ccc(OCC(=O)N3CCCC3)cc2)CCCC1. The third kappa shape index (κ3) is 3.89. The predicted octanol–water partition coefficient (Wildman–Crippen LogP) is 3.21. The molecule has 1 aromatic rings. The highest BCUT2D eigenvalue weighted by atomic mass is 16.5. The summed E-state index contributed by atoms with van der Waals surface area (Å²) < 4.78 is 5.56. The molecule has 3 rings (SSSR count). The van der Waals surface area contributed by atoms with Crippen molar-refractivity contribution in [3.8, 4) is 5.75 Å². The number of hydrogen-bond acceptors (Lipinski definition) is 3. The van der Waals surface area contributed by atoms with Crippen LogP contribution in [0.15, 0.2) is 24.3 Å². The molecule has 1 saturated carbocycles. The lowest BCUT2D eigenvalue weighted by Crippen LogP contribution is -2.32. The van der Waals surface area contributed by atoms with E-state index >= 15 is 0 Å². The quantitative estimate of drug-likeness (QED) is 0.902. The largest absolute Gasteiger partial charge is 0.484 e. The van der Waals surface area contributed by atoms with Crippen LogP contribution in [0.25, 0.3) is 0 Å². The monoisotopic (exact) mass is 330 g/mol. The first kappa shape index (κ1) is 16.8. The Morgan fingerprint density at radius 3 is 2.33 bits per heavy atom. The summed E-state index contributed by atoms with van der Waals surface area (Å²) in [6.45, 7) is 3.79. The Labute approximate surface area is 143 Å². The van der Waals surface area contributed by atoms with Gasteiger partial charge in [0.05, 0.1) is 0 Å². The van der Waals surface area contributed by atoms with Crippen LogP contribution in [0.1, 0.15) is 45.4 Å². The minimum Gasteiger partial charge on any atom is -0.484 e. The Kier molecular flexibility index (Phi) is 5.07. The smallest absolute Gasteiger partial charge is 0.260 e. The van der Waals surface area contributed by atoms with Crippen LogP contribution in [0, 0.1) is 5.41 Å². The number of hydrogen-bond donors (Lipinski definition) is 1. The van der Waals surface area contributed by atoms with Gasteiger partial charge in [-0.2, -0.15) is 0 Å². The number of nitrogens with one attached hydrogen (secondary N) is 1. The Morgan fingerprint density at radius 2 is 1.71 bits per heavy atom. The van der Waals surface area contributed by atoms with Crippen LogP contribution in [0.2, 0.25) is 0 Å². The summed E-state index contributed by atoms with van der Waals surface area (Å²) in [4.78, 5) is 26.2. The van der Waals surface area contributed by atoms with Gasteiger partial charge in [0, 0.05) is 24.2 Å². The Hall–Kier alpha value is -2.04. The minimum absolute atomic E-state index is 0.0408. The van der Waals surface area contributed by atoms with Gasteiger partial charge in [-0.25, -0.2) is 0 Å². The van der Waals surface area contributed by atoms with Gasteiger partial charge >= 0.3 is 0 Å². The van der Waals surface area contributed by atoms with E-state index in [0.29, 0.717) is 5.75 Å². The van der Waals surface area contributed by atoms with Gasteiger partial charge in [-0.05, 0) is 49.9 Å². The van der Waals surface area contributed by atoms with Crippen LogP contribution in [0.4, 0.5) is 5.69 Å². The number of rotatable bonds is 5. The number of benzene rings is 1. The van der Waals surface area contributed by atoms with E-state index in [4.69, 9.17) is 4.74 Å². The van der Waals surface area contributed by atoms with Crippen molar-refractivity contribution < 1.29 is 14.3 Å². The van der Waals surface area contributed by atoms with Crippen molar-refractivity contribution in [2.75, 3.05) is 25.0 Å². The molecule has 0 unspecified atom stereocenters. The van der Waals surface area contributed by atoms with Gasteiger partial charge in [0.25, 0.3) is 5.91 Å². The molecule has 5 heteroatoms. The second-order valence-electron chi connectivity index (χ2n) is 7.12. The molecular weight excluding hydrogens is 304 g/mol. The molecule has 1 aromatic carbocycles. The maximum atomic E-state index is 12.4. The second kappa shape index (κ2) is 7.24. The molecule has 0 radical (unpaired) electrons. The molecule has 0 bridgehead atoms. The first-order valence-electron chi connectivity index (χ1n) is 8.89. The maximum Gasteiger partial charge on any atom is 0.260 e. The summed E-state index contributed by atoms with van der Waals surface area (Å²) in [5, 5.41) is 2.99. The van der Waals surface area contributed by atoms with E-state index < -0.39 is 0 Å². The highest BCUT2D eigenvalue weighted by Crippen LogP contribution is 2.38. The number of amides is 2. The molecule has 1 aliphatic carbocycles. The molecule has 5 nitrogen and oxygen atoms in total. The van der Waals surface area contributed by atoms with Crippen LogP contribution in [0.3, 0.4) is 0 Å². The fourth-order valence-electron chi connectivity index (χ4n) is 3.50. The molecule has 24 heavy (non-hydrogen) atoms. The van der Waals surface area contributed by atoms with Crippen molar-refractivity contribution in [3.05, 3.63) is 24.3 Å². The number of likely N-dealkylation sites (tertiary alicyclic amines) is 1. The summed E-state index contributed by atoms with van der Waals surface area (Å²) in [7, 11) is 0. The number of carbonyl (C=O) groups is 2. The lowest BCUT2D eigenvalue weighted by Gasteiger charge is -2.22.